The van der Waals surface area contributed by atoms with E-state index in [4.69, 9.17) is 4.74 Å². The molecule has 1 N–H and O–H groups in total. The van der Waals surface area contributed by atoms with Crippen molar-refractivity contribution in [1.82, 2.24) is 10.2 Å². The Kier molecular flexibility index (Phi) is 9.47. The van der Waals surface area contributed by atoms with Gasteiger partial charge in [0.15, 0.2) is 0 Å². The molecule has 5 nitrogen and oxygen atoms in total. The van der Waals surface area contributed by atoms with Crippen molar-refractivity contribution in [3.8, 4) is 5.75 Å². The molecule has 0 saturated heterocycles. The predicted octanol–water partition coefficient (Wildman–Crippen LogP) is 4.96. The highest BCUT2D eigenvalue weighted by atomic mass is 16.5. The van der Waals surface area contributed by atoms with Crippen LogP contribution in [0.1, 0.15) is 36.1 Å². The minimum atomic E-state index is -0.639. The minimum absolute atomic E-state index is 0.0858. The van der Waals surface area contributed by atoms with Gasteiger partial charge in [-0.05, 0) is 41.7 Å². The van der Waals surface area contributed by atoms with E-state index in [9.17, 15) is 9.59 Å². The van der Waals surface area contributed by atoms with Crippen LogP contribution in [0.5, 0.6) is 5.75 Å². The van der Waals surface area contributed by atoms with Gasteiger partial charge in [-0.2, -0.15) is 0 Å². The van der Waals surface area contributed by atoms with Crippen LogP contribution in [-0.4, -0.2) is 36.4 Å². The Morgan fingerprint density at radius 2 is 1.57 bits per heavy atom. The minimum Gasteiger partial charge on any atom is -0.497 e. The molecule has 0 aromatic heterocycles. The first-order valence-electron chi connectivity index (χ1n) is 12.1. The molecule has 184 valence electrons. The van der Waals surface area contributed by atoms with E-state index in [2.05, 4.69) is 19.2 Å². The van der Waals surface area contributed by atoms with Crippen molar-refractivity contribution in [2.75, 3.05) is 13.7 Å². The summed E-state index contributed by atoms with van der Waals surface area (Å²) < 4.78 is 5.39. The molecule has 0 unspecified atom stereocenters. The second-order valence-corrected chi connectivity index (χ2v) is 9.38. The normalized spacial score (nSPS) is 11.7. The van der Waals surface area contributed by atoms with Crippen molar-refractivity contribution in [1.29, 1.82) is 0 Å². The Labute approximate surface area is 209 Å². The third-order valence-electron chi connectivity index (χ3n) is 5.92. The summed E-state index contributed by atoms with van der Waals surface area (Å²) in [4.78, 5) is 28.9. The van der Waals surface area contributed by atoms with Crippen LogP contribution in [-0.2, 0) is 29.0 Å². The van der Waals surface area contributed by atoms with Crippen LogP contribution in [0.3, 0.4) is 0 Å². The molecular formula is C30H36N2O3. The summed E-state index contributed by atoms with van der Waals surface area (Å²) in [6.07, 6.45) is 0.668. The number of hydrogen-bond donors (Lipinski definition) is 1. The topological polar surface area (TPSA) is 58.6 Å². The van der Waals surface area contributed by atoms with Crippen LogP contribution in [0.15, 0.2) is 78.9 Å². The maximum Gasteiger partial charge on any atom is 0.243 e. The molecule has 5 heteroatoms. The van der Waals surface area contributed by atoms with Crippen LogP contribution in [0.25, 0.3) is 0 Å². The molecule has 2 amide bonds. The number of carbonyl (C=O) groups is 2. The van der Waals surface area contributed by atoms with Gasteiger partial charge in [-0.1, -0.05) is 86.1 Å². The highest BCUT2D eigenvalue weighted by molar-refractivity contribution is 5.88. The second kappa shape index (κ2) is 12.7. The van der Waals surface area contributed by atoms with E-state index < -0.39 is 6.04 Å². The van der Waals surface area contributed by atoms with E-state index >= 15 is 0 Å². The maximum absolute atomic E-state index is 13.7. The number of rotatable bonds is 11. The van der Waals surface area contributed by atoms with Crippen molar-refractivity contribution >= 4 is 11.8 Å². The summed E-state index contributed by atoms with van der Waals surface area (Å²) in [5, 5.41) is 3.06. The number of ether oxygens (including phenoxy) is 1. The largest absolute Gasteiger partial charge is 0.497 e. The predicted molar refractivity (Wildman–Crippen MR) is 140 cm³/mol. The summed E-state index contributed by atoms with van der Waals surface area (Å²) in [5.74, 6) is 0.809. The molecule has 3 aromatic carbocycles. The van der Waals surface area contributed by atoms with Gasteiger partial charge >= 0.3 is 0 Å². The number of methoxy groups -OCH3 is 1. The van der Waals surface area contributed by atoms with Crippen LogP contribution < -0.4 is 10.1 Å². The summed E-state index contributed by atoms with van der Waals surface area (Å²) in [6, 6.07) is 24.8. The zero-order valence-corrected chi connectivity index (χ0v) is 21.2. The van der Waals surface area contributed by atoms with Gasteiger partial charge in [-0.25, -0.2) is 0 Å². The first kappa shape index (κ1) is 26.0. The Hall–Kier alpha value is -3.60. The lowest BCUT2D eigenvalue weighted by molar-refractivity contribution is -0.140. The van der Waals surface area contributed by atoms with Gasteiger partial charge in [-0.15, -0.1) is 0 Å². The van der Waals surface area contributed by atoms with Gasteiger partial charge in [-0.3, -0.25) is 9.59 Å². The first-order chi connectivity index (χ1) is 16.9. The number of aryl methyl sites for hydroxylation is 1. The van der Waals surface area contributed by atoms with Crippen molar-refractivity contribution in [3.63, 3.8) is 0 Å². The van der Waals surface area contributed by atoms with Gasteiger partial charge in [0.1, 0.15) is 11.8 Å². The third-order valence-corrected chi connectivity index (χ3v) is 5.92. The van der Waals surface area contributed by atoms with Gasteiger partial charge in [0.25, 0.3) is 0 Å². The van der Waals surface area contributed by atoms with Gasteiger partial charge in [0.2, 0.25) is 11.8 Å². The Balaban J connectivity index is 1.96. The number of nitrogens with zero attached hydrogens (tertiary/aromatic N) is 1. The molecule has 0 saturated carbocycles. The molecule has 0 spiro atoms. The van der Waals surface area contributed by atoms with Crippen LogP contribution in [0.2, 0.25) is 0 Å². The average molecular weight is 473 g/mol. The van der Waals surface area contributed by atoms with E-state index in [1.807, 2.05) is 85.8 Å². The fourth-order valence-corrected chi connectivity index (χ4v) is 3.93. The molecule has 3 aromatic rings. The monoisotopic (exact) mass is 472 g/mol. The van der Waals surface area contributed by atoms with E-state index in [-0.39, 0.29) is 18.2 Å². The highest BCUT2D eigenvalue weighted by Gasteiger charge is 2.30. The number of hydrogen-bond acceptors (Lipinski definition) is 3. The molecule has 3 rings (SSSR count). The zero-order valence-electron chi connectivity index (χ0n) is 21.2. The lowest BCUT2D eigenvalue weighted by atomic mass is 10.0. The first-order valence-corrected chi connectivity index (χ1v) is 12.1. The smallest absolute Gasteiger partial charge is 0.243 e. The van der Waals surface area contributed by atoms with Crippen molar-refractivity contribution in [2.24, 2.45) is 5.92 Å². The summed E-state index contributed by atoms with van der Waals surface area (Å²) in [7, 11) is 1.62. The summed E-state index contributed by atoms with van der Waals surface area (Å²) in [5.41, 5.74) is 3.99. The summed E-state index contributed by atoms with van der Waals surface area (Å²) >= 11 is 0. The highest BCUT2D eigenvalue weighted by Crippen LogP contribution is 2.19. The SMILES string of the molecule is COc1cccc(CN(C(=O)Cc2ccc(C)cc2)[C@@H](Cc2ccccc2)C(=O)NCC(C)C)c1. The Morgan fingerprint density at radius 3 is 2.23 bits per heavy atom. The maximum atomic E-state index is 13.7. The number of benzene rings is 3. The van der Waals surface area contributed by atoms with Gasteiger partial charge in [0.05, 0.1) is 13.5 Å². The molecular weight excluding hydrogens is 436 g/mol. The molecule has 1 atom stereocenters. The van der Waals surface area contributed by atoms with Gasteiger partial charge in [0, 0.05) is 19.5 Å². The Morgan fingerprint density at radius 1 is 0.886 bits per heavy atom. The van der Waals surface area contributed by atoms with Gasteiger partial charge < -0.3 is 15.0 Å². The third kappa shape index (κ3) is 7.99. The van der Waals surface area contributed by atoms with Crippen molar-refractivity contribution < 1.29 is 14.3 Å². The van der Waals surface area contributed by atoms with Crippen LogP contribution in [0, 0.1) is 12.8 Å². The van der Waals surface area contributed by atoms with Crippen molar-refractivity contribution in [2.45, 2.75) is 46.2 Å². The molecule has 0 aliphatic heterocycles. The van der Waals surface area contributed by atoms with Crippen LogP contribution >= 0.6 is 0 Å². The van der Waals surface area contributed by atoms with E-state index in [0.717, 1.165) is 28.0 Å². The fourth-order valence-electron chi connectivity index (χ4n) is 3.93. The van der Waals surface area contributed by atoms with E-state index in [1.54, 1.807) is 12.0 Å². The fraction of sp³-hybridized carbons (Fsp3) is 0.333. The molecule has 35 heavy (non-hydrogen) atoms. The zero-order chi connectivity index (χ0) is 25.2. The second-order valence-electron chi connectivity index (χ2n) is 9.38. The quantitative estimate of drug-likeness (QED) is 0.429. The molecule has 0 aliphatic rings. The Bertz CT molecular complexity index is 1090. The van der Waals surface area contributed by atoms with E-state index in [1.165, 1.54) is 0 Å². The molecule has 0 aliphatic carbocycles. The molecule has 0 heterocycles. The molecule has 0 bridgehead atoms. The number of nitrogens with one attached hydrogen (secondary N) is 1. The molecule has 0 radical (unpaired) electrons. The number of amides is 2. The number of carbonyl (C=O) groups excluding carboxylic acids is 2. The molecule has 0 fully saturated rings. The van der Waals surface area contributed by atoms with E-state index in [0.29, 0.717) is 25.4 Å². The average Bonchev–Trinajstić information content (AvgIpc) is 2.86. The summed E-state index contributed by atoms with van der Waals surface area (Å²) in [6.45, 7) is 7.01. The standard InChI is InChI=1S/C30H36N2O3/c1-22(2)20-31-30(34)28(18-24-9-6-5-7-10-24)32(21-26-11-8-12-27(17-26)35-4)29(33)19-25-15-13-23(3)14-16-25/h5-17,22,28H,18-21H2,1-4H3,(H,31,34)/t28-/m0/s1. The van der Waals surface area contributed by atoms with Crippen molar-refractivity contribution in [3.05, 3.63) is 101 Å². The van der Waals surface area contributed by atoms with Crippen LogP contribution in [0.4, 0.5) is 0 Å². The lowest BCUT2D eigenvalue weighted by Crippen LogP contribution is -2.51. The lowest BCUT2D eigenvalue weighted by Gasteiger charge is -2.32.